The van der Waals surface area contributed by atoms with Crippen LogP contribution in [-0.4, -0.2) is 35.7 Å². The summed E-state index contributed by atoms with van der Waals surface area (Å²) in [5.41, 5.74) is 0. The minimum absolute atomic E-state index is 0.0538. The molecule has 94 valence electrons. The number of nitrogens with zero attached hydrogens (tertiary/aromatic N) is 1. The molecule has 0 spiro atoms. The van der Waals surface area contributed by atoms with Gasteiger partial charge in [-0.1, -0.05) is 32.1 Å². The van der Waals surface area contributed by atoms with Gasteiger partial charge in [-0.2, -0.15) is 0 Å². The second-order valence-corrected chi connectivity index (χ2v) is 5.68. The molecule has 2 heteroatoms. The van der Waals surface area contributed by atoms with Crippen LogP contribution in [0, 0.1) is 5.92 Å². The van der Waals surface area contributed by atoms with Gasteiger partial charge in [0.25, 0.3) is 0 Å². The van der Waals surface area contributed by atoms with Gasteiger partial charge in [0, 0.05) is 6.54 Å². The molecule has 1 saturated heterocycles. The summed E-state index contributed by atoms with van der Waals surface area (Å²) in [5, 5.41) is 10.2. The third-order valence-electron chi connectivity index (χ3n) is 4.34. The normalized spacial score (nSPS) is 27.6. The van der Waals surface area contributed by atoms with Crippen molar-refractivity contribution in [3.05, 3.63) is 0 Å². The summed E-state index contributed by atoms with van der Waals surface area (Å²) in [6.07, 6.45) is 12.0. The van der Waals surface area contributed by atoms with Crippen molar-refractivity contribution in [3.63, 3.8) is 0 Å². The van der Waals surface area contributed by atoms with Crippen LogP contribution in [0.25, 0.3) is 0 Å². The van der Waals surface area contributed by atoms with Gasteiger partial charge in [-0.25, -0.2) is 0 Å². The Morgan fingerprint density at radius 3 is 2.06 bits per heavy atom. The number of β-amino-alcohol motifs (C(OH)–C–C–N with tert-alkyl or cyclic N) is 1. The Kier molecular flexibility index (Phi) is 5.11. The lowest BCUT2D eigenvalue weighted by Crippen LogP contribution is -2.37. The Hall–Kier alpha value is -0.0800. The molecule has 1 heterocycles. The van der Waals surface area contributed by atoms with Crippen LogP contribution in [0.2, 0.25) is 0 Å². The highest BCUT2D eigenvalue weighted by Crippen LogP contribution is 2.28. The van der Waals surface area contributed by atoms with Crippen LogP contribution in [0.5, 0.6) is 0 Å². The fraction of sp³-hybridized carbons (Fsp3) is 1.00. The van der Waals surface area contributed by atoms with E-state index < -0.39 is 0 Å². The van der Waals surface area contributed by atoms with Gasteiger partial charge < -0.3 is 10.0 Å². The van der Waals surface area contributed by atoms with Crippen molar-refractivity contribution < 1.29 is 5.11 Å². The Bertz CT molecular complexity index is 181. The lowest BCUT2D eigenvalue weighted by atomic mass is 9.99. The average molecular weight is 225 g/mol. The maximum atomic E-state index is 10.2. The first-order valence-electron chi connectivity index (χ1n) is 7.26. The van der Waals surface area contributed by atoms with Gasteiger partial charge in [-0.15, -0.1) is 0 Å². The van der Waals surface area contributed by atoms with Crippen molar-refractivity contribution >= 4 is 0 Å². The summed E-state index contributed by atoms with van der Waals surface area (Å²) < 4.78 is 0. The van der Waals surface area contributed by atoms with Crippen LogP contribution in [0.3, 0.4) is 0 Å². The number of aliphatic hydroxyl groups excluding tert-OH is 1. The zero-order chi connectivity index (χ0) is 11.2. The molecule has 16 heavy (non-hydrogen) atoms. The summed E-state index contributed by atoms with van der Waals surface area (Å²) in [6, 6.07) is 0. The smallest absolute Gasteiger partial charge is 0.0695 e. The molecule has 0 aromatic carbocycles. The van der Waals surface area contributed by atoms with Gasteiger partial charge >= 0.3 is 0 Å². The largest absolute Gasteiger partial charge is 0.392 e. The first kappa shape index (κ1) is 12.4. The molecule has 1 atom stereocenters. The highest BCUT2D eigenvalue weighted by atomic mass is 16.3. The van der Waals surface area contributed by atoms with Crippen LogP contribution in [0.1, 0.15) is 57.8 Å². The molecule has 2 nitrogen and oxygen atoms in total. The van der Waals surface area contributed by atoms with Gasteiger partial charge in [-0.3, -0.25) is 0 Å². The SMILES string of the molecule is OC(CN1CCCCCCC1)C1CCCC1. The second-order valence-electron chi connectivity index (χ2n) is 5.68. The van der Waals surface area contributed by atoms with Crippen LogP contribution in [0.15, 0.2) is 0 Å². The molecule has 1 N–H and O–H groups in total. The molecule has 0 radical (unpaired) electrons. The molecule has 0 aromatic rings. The molecule has 1 aliphatic carbocycles. The van der Waals surface area contributed by atoms with E-state index in [1.54, 1.807) is 0 Å². The molecule has 1 aliphatic heterocycles. The van der Waals surface area contributed by atoms with E-state index in [0.29, 0.717) is 5.92 Å². The lowest BCUT2D eigenvalue weighted by Gasteiger charge is -2.29. The highest BCUT2D eigenvalue weighted by Gasteiger charge is 2.24. The predicted molar refractivity (Wildman–Crippen MR) is 67.5 cm³/mol. The number of hydrogen-bond acceptors (Lipinski definition) is 2. The standard InChI is InChI=1S/C14H27NO/c16-14(13-8-4-5-9-13)12-15-10-6-2-1-3-7-11-15/h13-14,16H,1-12H2. The molecule has 1 unspecified atom stereocenters. The zero-order valence-electron chi connectivity index (χ0n) is 10.5. The summed E-state index contributed by atoms with van der Waals surface area (Å²) in [7, 11) is 0. The summed E-state index contributed by atoms with van der Waals surface area (Å²) in [5.74, 6) is 0.602. The Morgan fingerprint density at radius 2 is 1.44 bits per heavy atom. The Morgan fingerprint density at radius 1 is 0.875 bits per heavy atom. The molecular weight excluding hydrogens is 198 g/mol. The third-order valence-corrected chi connectivity index (χ3v) is 4.34. The molecule has 2 rings (SSSR count). The molecule has 0 bridgehead atoms. The summed E-state index contributed by atoms with van der Waals surface area (Å²) in [4.78, 5) is 2.50. The van der Waals surface area contributed by atoms with E-state index in [-0.39, 0.29) is 6.10 Å². The summed E-state index contributed by atoms with van der Waals surface area (Å²) in [6.45, 7) is 3.36. The fourth-order valence-corrected chi connectivity index (χ4v) is 3.25. The van der Waals surface area contributed by atoms with Gasteiger partial charge in [0.05, 0.1) is 6.10 Å². The van der Waals surface area contributed by atoms with Crippen LogP contribution in [-0.2, 0) is 0 Å². The minimum Gasteiger partial charge on any atom is -0.392 e. The predicted octanol–water partition coefficient (Wildman–Crippen LogP) is 2.80. The quantitative estimate of drug-likeness (QED) is 0.798. The Balaban J connectivity index is 1.73. The number of rotatable bonds is 3. The van der Waals surface area contributed by atoms with Crippen molar-refractivity contribution in [3.8, 4) is 0 Å². The third kappa shape index (κ3) is 3.74. The maximum Gasteiger partial charge on any atom is 0.0695 e. The minimum atomic E-state index is -0.0538. The van der Waals surface area contributed by atoms with E-state index in [0.717, 1.165) is 6.54 Å². The van der Waals surface area contributed by atoms with Crippen molar-refractivity contribution in [2.75, 3.05) is 19.6 Å². The fourth-order valence-electron chi connectivity index (χ4n) is 3.25. The number of aliphatic hydroxyl groups is 1. The van der Waals surface area contributed by atoms with Crippen LogP contribution in [0.4, 0.5) is 0 Å². The zero-order valence-corrected chi connectivity index (χ0v) is 10.5. The topological polar surface area (TPSA) is 23.5 Å². The van der Waals surface area contributed by atoms with E-state index >= 15 is 0 Å². The van der Waals surface area contributed by atoms with E-state index in [4.69, 9.17) is 0 Å². The van der Waals surface area contributed by atoms with Crippen LogP contribution < -0.4 is 0 Å². The van der Waals surface area contributed by atoms with Crippen molar-refractivity contribution in [1.82, 2.24) is 4.90 Å². The first-order chi connectivity index (χ1) is 7.86. The number of likely N-dealkylation sites (tertiary alicyclic amines) is 1. The molecule has 2 fully saturated rings. The van der Waals surface area contributed by atoms with Gasteiger partial charge in [0.2, 0.25) is 0 Å². The van der Waals surface area contributed by atoms with Crippen molar-refractivity contribution in [2.45, 2.75) is 63.9 Å². The Labute approximate surface area is 100 Å². The molecule has 0 aromatic heterocycles. The van der Waals surface area contributed by atoms with E-state index in [1.807, 2.05) is 0 Å². The highest BCUT2D eigenvalue weighted by molar-refractivity contribution is 4.77. The average Bonchev–Trinajstić information content (AvgIpc) is 2.74. The summed E-state index contributed by atoms with van der Waals surface area (Å²) >= 11 is 0. The first-order valence-corrected chi connectivity index (χ1v) is 7.26. The van der Waals surface area contributed by atoms with Crippen molar-refractivity contribution in [1.29, 1.82) is 0 Å². The number of hydrogen-bond donors (Lipinski definition) is 1. The van der Waals surface area contributed by atoms with E-state index in [1.165, 1.54) is 70.9 Å². The van der Waals surface area contributed by atoms with Gasteiger partial charge in [0.15, 0.2) is 0 Å². The molecule has 0 amide bonds. The van der Waals surface area contributed by atoms with Gasteiger partial charge in [0.1, 0.15) is 0 Å². The molecule has 2 aliphatic rings. The maximum absolute atomic E-state index is 10.2. The monoisotopic (exact) mass is 225 g/mol. The molecular formula is C14H27NO. The van der Waals surface area contributed by atoms with Gasteiger partial charge in [-0.05, 0) is 44.7 Å². The molecule has 1 saturated carbocycles. The van der Waals surface area contributed by atoms with E-state index in [9.17, 15) is 5.11 Å². The van der Waals surface area contributed by atoms with E-state index in [2.05, 4.69) is 4.90 Å². The van der Waals surface area contributed by atoms with Crippen molar-refractivity contribution in [2.24, 2.45) is 5.92 Å². The lowest BCUT2D eigenvalue weighted by molar-refractivity contribution is 0.0626. The van der Waals surface area contributed by atoms with Crippen LogP contribution >= 0.6 is 0 Å². The second kappa shape index (κ2) is 6.61.